The summed E-state index contributed by atoms with van der Waals surface area (Å²) in [6.07, 6.45) is 0.958. The van der Waals surface area contributed by atoms with Crippen molar-refractivity contribution < 1.29 is 9.53 Å². The number of amides is 1. The number of rotatable bonds is 2. The topological polar surface area (TPSA) is 58.6 Å². The van der Waals surface area contributed by atoms with Gasteiger partial charge in [0.1, 0.15) is 11.6 Å². The molecule has 1 aromatic rings. The molecule has 0 radical (unpaired) electrons. The molecule has 0 aromatic carbocycles. The van der Waals surface area contributed by atoms with Gasteiger partial charge in [0.15, 0.2) is 4.84 Å². The van der Waals surface area contributed by atoms with Gasteiger partial charge in [-0.3, -0.25) is 4.79 Å². The first-order chi connectivity index (χ1) is 11.3. The second-order valence-electron chi connectivity index (χ2n) is 6.49. The SMILES string of the molecule is Cc1nc2c(c(N3CC(C)OC(C)C3)n1)CN(C(=O)C(Cl)Cl)CC2. The molecule has 3 rings (SSSR count). The quantitative estimate of drug-likeness (QED) is 0.743. The van der Waals surface area contributed by atoms with Crippen molar-refractivity contribution in [3.8, 4) is 0 Å². The lowest BCUT2D eigenvalue weighted by Crippen LogP contribution is -2.47. The molecule has 24 heavy (non-hydrogen) atoms. The number of anilines is 1. The second kappa shape index (κ2) is 7.02. The fourth-order valence-corrected chi connectivity index (χ4v) is 3.73. The van der Waals surface area contributed by atoms with E-state index in [-0.39, 0.29) is 18.1 Å². The molecule has 0 N–H and O–H groups in total. The Bertz CT molecular complexity index is 631. The lowest BCUT2D eigenvalue weighted by molar-refractivity contribution is -0.130. The largest absolute Gasteiger partial charge is 0.372 e. The second-order valence-corrected chi connectivity index (χ2v) is 7.59. The molecule has 8 heteroatoms. The Balaban J connectivity index is 1.93. The molecule has 1 saturated heterocycles. The number of halogens is 2. The van der Waals surface area contributed by atoms with Crippen molar-refractivity contribution in [2.75, 3.05) is 24.5 Å². The lowest BCUT2D eigenvalue weighted by atomic mass is 10.0. The van der Waals surface area contributed by atoms with E-state index in [9.17, 15) is 4.79 Å². The van der Waals surface area contributed by atoms with Gasteiger partial charge in [-0.05, 0) is 20.8 Å². The van der Waals surface area contributed by atoms with Crippen molar-refractivity contribution in [2.24, 2.45) is 0 Å². The molecule has 1 fully saturated rings. The van der Waals surface area contributed by atoms with Crippen LogP contribution >= 0.6 is 23.2 Å². The van der Waals surface area contributed by atoms with Gasteiger partial charge in [-0.25, -0.2) is 9.97 Å². The van der Waals surface area contributed by atoms with Gasteiger partial charge >= 0.3 is 0 Å². The van der Waals surface area contributed by atoms with E-state index in [1.807, 2.05) is 6.92 Å². The standard InChI is InChI=1S/C16H22Cl2N4O2/c1-9-6-22(7-10(2)24-9)15-12-8-21(16(23)14(17)18)5-4-13(12)19-11(3)20-15/h9-10,14H,4-8H2,1-3H3. The molecule has 0 spiro atoms. The molecule has 2 unspecified atom stereocenters. The molecule has 0 saturated carbocycles. The monoisotopic (exact) mass is 372 g/mol. The van der Waals surface area contributed by atoms with Crippen molar-refractivity contribution in [3.63, 3.8) is 0 Å². The summed E-state index contributed by atoms with van der Waals surface area (Å²) in [5.41, 5.74) is 2.00. The Morgan fingerprint density at radius 3 is 2.54 bits per heavy atom. The van der Waals surface area contributed by atoms with Gasteiger partial charge in [-0.1, -0.05) is 23.2 Å². The molecule has 2 aliphatic heterocycles. The summed E-state index contributed by atoms with van der Waals surface area (Å²) in [5, 5.41) is 0. The Morgan fingerprint density at radius 2 is 1.92 bits per heavy atom. The summed E-state index contributed by atoms with van der Waals surface area (Å²) < 4.78 is 5.82. The maximum Gasteiger partial charge on any atom is 0.256 e. The number of morpholine rings is 1. The minimum absolute atomic E-state index is 0.135. The van der Waals surface area contributed by atoms with Crippen LogP contribution in [0.2, 0.25) is 0 Å². The first-order valence-electron chi connectivity index (χ1n) is 8.19. The van der Waals surface area contributed by atoms with Crippen LogP contribution < -0.4 is 4.90 Å². The highest BCUT2D eigenvalue weighted by molar-refractivity contribution is 6.53. The molecule has 132 valence electrons. The van der Waals surface area contributed by atoms with Crippen molar-refractivity contribution in [3.05, 3.63) is 17.1 Å². The molecule has 0 aliphatic carbocycles. The third-order valence-corrected chi connectivity index (χ3v) is 4.74. The van der Waals surface area contributed by atoms with Crippen LogP contribution in [0.15, 0.2) is 0 Å². The predicted octanol–water partition coefficient (Wildman–Crippen LogP) is 2.09. The van der Waals surface area contributed by atoms with E-state index in [4.69, 9.17) is 27.9 Å². The Kier molecular flexibility index (Phi) is 5.18. The summed E-state index contributed by atoms with van der Waals surface area (Å²) in [6.45, 7) is 8.59. The van der Waals surface area contributed by atoms with E-state index >= 15 is 0 Å². The molecule has 0 bridgehead atoms. The molecule has 2 atom stereocenters. The van der Waals surface area contributed by atoms with E-state index in [2.05, 4.69) is 28.7 Å². The lowest BCUT2D eigenvalue weighted by Gasteiger charge is -2.38. The number of aromatic nitrogens is 2. The third kappa shape index (κ3) is 3.60. The molecule has 1 amide bonds. The molecule has 1 aromatic heterocycles. The van der Waals surface area contributed by atoms with Crippen molar-refractivity contribution >= 4 is 34.9 Å². The van der Waals surface area contributed by atoms with Crippen LogP contribution in [0.25, 0.3) is 0 Å². The average Bonchev–Trinajstić information content (AvgIpc) is 2.51. The number of hydrogen-bond acceptors (Lipinski definition) is 5. The van der Waals surface area contributed by atoms with Crippen LogP contribution in [0.1, 0.15) is 30.9 Å². The Morgan fingerprint density at radius 1 is 1.25 bits per heavy atom. The summed E-state index contributed by atoms with van der Waals surface area (Å²) >= 11 is 11.5. The first-order valence-corrected chi connectivity index (χ1v) is 9.06. The predicted molar refractivity (Wildman–Crippen MR) is 93.6 cm³/mol. The first kappa shape index (κ1) is 17.7. The summed E-state index contributed by atoms with van der Waals surface area (Å²) in [4.78, 5) is 24.3. The van der Waals surface area contributed by atoms with E-state index in [0.29, 0.717) is 19.5 Å². The zero-order valence-electron chi connectivity index (χ0n) is 14.1. The van der Waals surface area contributed by atoms with Gasteiger partial charge in [-0.2, -0.15) is 0 Å². The minimum Gasteiger partial charge on any atom is -0.372 e. The van der Waals surface area contributed by atoms with Gasteiger partial charge in [0.05, 0.1) is 24.4 Å². The molecule has 3 heterocycles. The fourth-order valence-electron chi connectivity index (χ4n) is 3.46. The Labute approximate surface area is 152 Å². The van der Waals surface area contributed by atoms with Crippen LogP contribution in [0.5, 0.6) is 0 Å². The van der Waals surface area contributed by atoms with E-state index in [0.717, 1.165) is 36.0 Å². The number of carbonyl (C=O) groups excluding carboxylic acids is 1. The van der Waals surface area contributed by atoms with Gasteiger partial charge in [0, 0.05) is 31.6 Å². The van der Waals surface area contributed by atoms with Crippen molar-refractivity contribution in [1.82, 2.24) is 14.9 Å². The zero-order chi connectivity index (χ0) is 17.4. The van der Waals surface area contributed by atoms with Crippen LogP contribution in [-0.4, -0.2) is 57.5 Å². The number of carbonyl (C=O) groups is 1. The van der Waals surface area contributed by atoms with E-state index < -0.39 is 4.84 Å². The number of hydrogen-bond donors (Lipinski definition) is 0. The summed E-state index contributed by atoms with van der Waals surface area (Å²) in [7, 11) is 0. The fraction of sp³-hybridized carbons (Fsp3) is 0.688. The molecule has 2 aliphatic rings. The van der Waals surface area contributed by atoms with Crippen molar-refractivity contribution in [1.29, 1.82) is 0 Å². The highest BCUT2D eigenvalue weighted by Crippen LogP contribution is 2.29. The van der Waals surface area contributed by atoms with Gasteiger partial charge in [0.2, 0.25) is 0 Å². The highest BCUT2D eigenvalue weighted by atomic mass is 35.5. The minimum atomic E-state index is -1.04. The van der Waals surface area contributed by atoms with Gasteiger partial charge in [0.25, 0.3) is 5.91 Å². The average molecular weight is 373 g/mol. The van der Waals surface area contributed by atoms with E-state index in [1.54, 1.807) is 4.90 Å². The normalized spacial score (nSPS) is 24.2. The summed E-state index contributed by atoms with van der Waals surface area (Å²) in [6, 6.07) is 0. The van der Waals surface area contributed by atoms with Crippen LogP contribution in [-0.2, 0) is 22.5 Å². The number of alkyl halides is 2. The molecule has 6 nitrogen and oxygen atoms in total. The number of aryl methyl sites for hydroxylation is 1. The highest BCUT2D eigenvalue weighted by Gasteiger charge is 2.31. The van der Waals surface area contributed by atoms with Gasteiger partial charge in [-0.15, -0.1) is 0 Å². The zero-order valence-corrected chi connectivity index (χ0v) is 15.6. The van der Waals surface area contributed by atoms with Crippen LogP contribution in [0.3, 0.4) is 0 Å². The number of fused-ring (bicyclic) bond motifs is 1. The smallest absolute Gasteiger partial charge is 0.256 e. The molecular formula is C16H22Cl2N4O2. The molecular weight excluding hydrogens is 351 g/mol. The number of nitrogens with zero attached hydrogens (tertiary/aromatic N) is 4. The van der Waals surface area contributed by atoms with Gasteiger partial charge < -0.3 is 14.5 Å². The van der Waals surface area contributed by atoms with Crippen LogP contribution in [0, 0.1) is 6.92 Å². The third-order valence-electron chi connectivity index (χ3n) is 4.37. The van der Waals surface area contributed by atoms with Crippen molar-refractivity contribution in [2.45, 2.75) is 50.8 Å². The summed E-state index contributed by atoms with van der Waals surface area (Å²) in [5.74, 6) is 1.39. The number of ether oxygens (including phenoxy) is 1. The Hall–Kier alpha value is -1.11. The van der Waals surface area contributed by atoms with E-state index in [1.165, 1.54) is 0 Å². The van der Waals surface area contributed by atoms with Crippen LogP contribution in [0.4, 0.5) is 5.82 Å². The maximum absolute atomic E-state index is 12.2. The maximum atomic E-state index is 12.2.